The first-order valence-corrected chi connectivity index (χ1v) is 8.98. The van der Waals surface area contributed by atoms with Gasteiger partial charge in [0, 0.05) is 19.2 Å². The third-order valence-electron chi connectivity index (χ3n) is 4.59. The summed E-state index contributed by atoms with van der Waals surface area (Å²) in [7, 11) is 5.83. The number of nitrogens with one attached hydrogen (secondary N) is 1. The van der Waals surface area contributed by atoms with Gasteiger partial charge >= 0.3 is 0 Å². The second-order valence-electron chi connectivity index (χ2n) is 6.84. The predicted octanol–water partition coefficient (Wildman–Crippen LogP) is 3.25. The third-order valence-corrected chi connectivity index (χ3v) is 4.59. The number of amides is 1. The molecule has 3 rings (SSSR count). The summed E-state index contributed by atoms with van der Waals surface area (Å²) in [5.74, 6) is 0.885. The molecular formula is C22H26N2O2. The highest BCUT2D eigenvalue weighted by Crippen LogP contribution is 2.37. The van der Waals surface area contributed by atoms with Crippen LogP contribution in [0.25, 0.3) is 5.57 Å². The summed E-state index contributed by atoms with van der Waals surface area (Å²) < 4.78 is 6.07. The summed E-state index contributed by atoms with van der Waals surface area (Å²) in [4.78, 5) is 14.0. The van der Waals surface area contributed by atoms with Gasteiger partial charge in [-0.3, -0.25) is 4.79 Å². The number of hydrogen-bond acceptors (Lipinski definition) is 3. The summed E-state index contributed by atoms with van der Waals surface area (Å²) in [5, 5.41) is 2.69. The van der Waals surface area contributed by atoms with Gasteiger partial charge in [-0.2, -0.15) is 0 Å². The number of carbonyl (C=O) groups excluding carboxylic acids is 1. The highest BCUT2D eigenvalue weighted by atomic mass is 16.5. The molecule has 1 aliphatic heterocycles. The summed E-state index contributed by atoms with van der Waals surface area (Å²) >= 11 is 0. The Labute approximate surface area is 155 Å². The van der Waals surface area contributed by atoms with Crippen LogP contribution in [0.15, 0.2) is 48.5 Å². The zero-order valence-electron chi connectivity index (χ0n) is 15.7. The monoisotopic (exact) mass is 350 g/mol. The van der Waals surface area contributed by atoms with Crippen molar-refractivity contribution in [2.24, 2.45) is 0 Å². The van der Waals surface area contributed by atoms with Gasteiger partial charge in [0.05, 0.1) is 6.42 Å². The number of carbonyl (C=O) groups is 1. The minimum Gasteiger partial charge on any atom is -0.488 e. The molecule has 1 heterocycles. The van der Waals surface area contributed by atoms with Crippen LogP contribution in [0.3, 0.4) is 0 Å². The predicted molar refractivity (Wildman–Crippen MR) is 105 cm³/mol. The van der Waals surface area contributed by atoms with E-state index in [1.807, 2.05) is 18.2 Å². The molecule has 1 amide bonds. The van der Waals surface area contributed by atoms with Gasteiger partial charge in [0.15, 0.2) is 0 Å². The smallest absolute Gasteiger partial charge is 0.224 e. The van der Waals surface area contributed by atoms with Gasteiger partial charge in [0.1, 0.15) is 12.4 Å². The van der Waals surface area contributed by atoms with Crippen molar-refractivity contribution in [3.8, 4) is 5.75 Å². The van der Waals surface area contributed by atoms with Gasteiger partial charge in [-0.15, -0.1) is 0 Å². The van der Waals surface area contributed by atoms with Crippen molar-refractivity contribution in [1.29, 1.82) is 0 Å². The number of rotatable bonds is 5. The third kappa shape index (κ3) is 4.14. The molecule has 0 aliphatic carbocycles. The van der Waals surface area contributed by atoms with Crippen LogP contribution in [0.4, 0.5) is 0 Å². The van der Waals surface area contributed by atoms with E-state index >= 15 is 0 Å². The number of hydrogen-bond donors (Lipinski definition) is 1. The Morgan fingerprint density at radius 3 is 2.77 bits per heavy atom. The average molecular weight is 350 g/mol. The molecule has 0 saturated heterocycles. The molecule has 0 fully saturated rings. The summed E-state index contributed by atoms with van der Waals surface area (Å²) in [6, 6.07) is 14.4. The maximum atomic E-state index is 11.8. The van der Waals surface area contributed by atoms with Gasteiger partial charge in [0.25, 0.3) is 0 Å². The molecular weight excluding hydrogens is 324 g/mol. The van der Waals surface area contributed by atoms with Crippen LogP contribution >= 0.6 is 0 Å². The van der Waals surface area contributed by atoms with Crippen molar-refractivity contribution in [1.82, 2.24) is 10.2 Å². The molecule has 1 N–H and O–H groups in total. The van der Waals surface area contributed by atoms with Crippen LogP contribution in [0.1, 0.15) is 28.7 Å². The van der Waals surface area contributed by atoms with Crippen molar-refractivity contribution in [2.75, 3.05) is 27.7 Å². The van der Waals surface area contributed by atoms with Crippen molar-refractivity contribution < 1.29 is 9.53 Å². The average Bonchev–Trinajstić information content (AvgIpc) is 2.79. The minimum absolute atomic E-state index is 0.0121. The van der Waals surface area contributed by atoms with Gasteiger partial charge in [-0.1, -0.05) is 36.4 Å². The van der Waals surface area contributed by atoms with Crippen molar-refractivity contribution in [2.45, 2.75) is 19.4 Å². The molecule has 136 valence electrons. The molecule has 4 nitrogen and oxygen atoms in total. The van der Waals surface area contributed by atoms with E-state index in [4.69, 9.17) is 4.74 Å². The first-order valence-electron chi connectivity index (χ1n) is 8.98. The largest absolute Gasteiger partial charge is 0.488 e. The molecule has 0 atom stereocenters. The van der Waals surface area contributed by atoms with E-state index in [1.165, 1.54) is 16.7 Å². The number of likely N-dealkylation sites (N-methyl/N-ethyl adjacent to an activating group) is 1. The maximum absolute atomic E-state index is 11.8. The van der Waals surface area contributed by atoms with E-state index in [9.17, 15) is 4.79 Å². The Bertz CT molecular complexity index is 825. The Hall–Kier alpha value is -2.59. The number of fused-ring (bicyclic) bond motifs is 2. The molecule has 0 radical (unpaired) electrons. The highest BCUT2D eigenvalue weighted by Gasteiger charge is 2.19. The fourth-order valence-electron chi connectivity index (χ4n) is 3.19. The molecule has 0 spiro atoms. The van der Waals surface area contributed by atoms with Crippen LogP contribution in [-0.2, 0) is 17.8 Å². The van der Waals surface area contributed by atoms with E-state index in [2.05, 4.69) is 54.7 Å². The van der Waals surface area contributed by atoms with Gasteiger partial charge in [0.2, 0.25) is 5.91 Å². The molecule has 0 unspecified atom stereocenters. The fourth-order valence-corrected chi connectivity index (χ4v) is 3.19. The quantitative estimate of drug-likeness (QED) is 0.900. The van der Waals surface area contributed by atoms with E-state index < -0.39 is 0 Å². The van der Waals surface area contributed by atoms with E-state index in [1.54, 1.807) is 7.05 Å². The molecule has 4 heteroatoms. The Morgan fingerprint density at radius 2 is 2.00 bits per heavy atom. The summed E-state index contributed by atoms with van der Waals surface area (Å²) in [5.41, 5.74) is 5.64. The van der Waals surface area contributed by atoms with E-state index in [-0.39, 0.29) is 5.91 Å². The molecule has 0 saturated carbocycles. The molecule has 2 aromatic carbocycles. The van der Waals surface area contributed by atoms with Gasteiger partial charge < -0.3 is 15.0 Å². The highest BCUT2D eigenvalue weighted by molar-refractivity contribution is 5.86. The summed E-state index contributed by atoms with van der Waals surface area (Å²) in [6.07, 6.45) is 3.61. The Balaban J connectivity index is 2.05. The number of benzene rings is 2. The Kier molecular flexibility index (Phi) is 5.74. The minimum atomic E-state index is 0.0121. The van der Waals surface area contributed by atoms with E-state index in [0.717, 1.165) is 29.8 Å². The van der Waals surface area contributed by atoms with Crippen molar-refractivity contribution in [3.05, 3.63) is 70.8 Å². The lowest BCUT2D eigenvalue weighted by molar-refractivity contribution is -0.119. The lowest BCUT2D eigenvalue weighted by Gasteiger charge is -2.13. The molecule has 1 aliphatic rings. The molecule has 26 heavy (non-hydrogen) atoms. The second-order valence-corrected chi connectivity index (χ2v) is 6.84. The van der Waals surface area contributed by atoms with Crippen LogP contribution in [-0.4, -0.2) is 38.5 Å². The summed E-state index contributed by atoms with van der Waals surface area (Å²) in [6.45, 7) is 1.54. The second kappa shape index (κ2) is 8.19. The standard InChI is InChI=1S/C22H26N2O2/c1-23-22(25)14-16-10-11-21-20(13-16)19(9-6-12-24(2)3)18-8-5-4-7-17(18)15-26-21/h4-5,7-11,13H,6,12,14-15H2,1-3H3,(H,23,25). The van der Waals surface area contributed by atoms with Crippen LogP contribution in [0, 0.1) is 0 Å². The molecule has 0 bridgehead atoms. The van der Waals surface area contributed by atoms with Gasteiger partial charge in [-0.25, -0.2) is 0 Å². The molecule has 2 aromatic rings. The number of nitrogens with zero attached hydrogens (tertiary/aromatic N) is 1. The Morgan fingerprint density at radius 1 is 1.19 bits per heavy atom. The van der Waals surface area contributed by atoms with Crippen LogP contribution in [0.5, 0.6) is 5.75 Å². The number of ether oxygens (including phenoxy) is 1. The lowest BCUT2D eigenvalue weighted by atomic mass is 9.92. The zero-order valence-corrected chi connectivity index (χ0v) is 15.7. The van der Waals surface area contributed by atoms with Crippen LogP contribution < -0.4 is 10.1 Å². The van der Waals surface area contributed by atoms with Crippen LogP contribution in [0.2, 0.25) is 0 Å². The van der Waals surface area contributed by atoms with E-state index in [0.29, 0.717) is 13.0 Å². The topological polar surface area (TPSA) is 41.6 Å². The zero-order chi connectivity index (χ0) is 18.5. The normalized spacial score (nSPS) is 14.4. The SMILES string of the molecule is CNC(=O)Cc1ccc2c(c1)C(=CCCN(C)C)c1ccccc1CO2. The fraction of sp³-hybridized carbons (Fsp3) is 0.318. The van der Waals surface area contributed by atoms with Crippen molar-refractivity contribution >= 4 is 11.5 Å². The first-order chi connectivity index (χ1) is 12.6. The molecule has 0 aromatic heterocycles. The maximum Gasteiger partial charge on any atom is 0.224 e. The van der Waals surface area contributed by atoms with Gasteiger partial charge in [-0.05, 0) is 54.9 Å². The van der Waals surface area contributed by atoms with Crippen molar-refractivity contribution in [3.63, 3.8) is 0 Å². The first kappa shape index (κ1) is 18.2. The lowest BCUT2D eigenvalue weighted by Crippen LogP contribution is -2.19.